The van der Waals surface area contributed by atoms with Crippen molar-refractivity contribution >= 4 is 22.7 Å². The maximum absolute atomic E-state index is 13.3. The summed E-state index contributed by atoms with van der Waals surface area (Å²) < 4.78 is 7.69. The fourth-order valence-electron chi connectivity index (χ4n) is 4.57. The molecule has 1 aliphatic rings. The molecular formula is C26H31N3O3. The molecule has 168 valence electrons. The molecule has 0 aliphatic carbocycles. The van der Waals surface area contributed by atoms with Crippen LogP contribution in [0.15, 0.2) is 48.5 Å². The number of carbonyl (C=O) groups excluding carboxylic acids is 2. The molecule has 2 amide bonds. The van der Waals surface area contributed by atoms with E-state index >= 15 is 0 Å². The lowest BCUT2D eigenvalue weighted by Gasteiger charge is -2.26. The van der Waals surface area contributed by atoms with Gasteiger partial charge in [-0.15, -0.1) is 0 Å². The predicted molar refractivity (Wildman–Crippen MR) is 126 cm³/mol. The van der Waals surface area contributed by atoms with Crippen molar-refractivity contribution in [2.75, 3.05) is 19.7 Å². The molecule has 0 saturated carbocycles. The Labute approximate surface area is 189 Å². The summed E-state index contributed by atoms with van der Waals surface area (Å²) in [6.45, 7) is 7.21. The van der Waals surface area contributed by atoms with Crippen LogP contribution < -0.4 is 5.32 Å². The van der Waals surface area contributed by atoms with Gasteiger partial charge in [-0.25, -0.2) is 0 Å². The van der Waals surface area contributed by atoms with Crippen LogP contribution in [0.5, 0.6) is 0 Å². The summed E-state index contributed by atoms with van der Waals surface area (Å²) in [6.07, 6.45) is 0.917. The number of fused-ring (bicyclic) bond motifs is 2. The van der Waals surface area contributed by atoms with E-state index in [9.17, 15) is 9.59 Å². The van der Waals surface area contributed by atoms with Gasteiger partial charge in [0.15, 0.2) is 0 Å². The number of rotatable bonds is 8. The third-order valence-electron chi connectivity index (χ3n) is 6.19. The van der Waals surface area contributed by atoms with Gasteiger partial charge in [0, 0.05) is 47.9 Å². The fraction of sp³-hybridized carbons (Fsp3) is 0.385. The highest BCUT2D eigenvalue weighted by Crippen LogP contribution is 2.43. The zero-order chi connectivity index (χ0) is 22.8. The lowest BCUT2D eigenvalue weighted by molar-refractivity contribution is -0.122. The Hall–Kier alpha value is -3.12. The zero-order valence-electron chi connectivity index (χ0n) is 19.2. The molecule has 32 heavy (non-hydrogen) atoms. The highest BCUT2D eigenvalue weighted by atomic mass is 16.5. The van der Waals surface area contributed by atoms with Crippen LogP contribution >= 0.6 is 0 Å². The number of nitrogens with zero attached hydrogens (tertiary/aromatic N) is 2. The van der Waals surface area contributed by atoms with Crippen molar-refractivity contribution in [1.29, 1.82) is 0 Å². The molecule has 0 saturated heterocycles. The summed E-state index contributed by atoms with van der Waals surface area (Å²) in [7, 11) is 2.04. The normalized spacial score (nSPS) is 15.6. The SMILES string of the molecule is Cc1c(C2c3ccccc3C(=O)N2CC(=O)NCCCOC(C)C)c2ccccc2n1C. The summed E-state index contributed by atoms with van der Waals surface area (Å²) >= 11 is 0. The summed E-state index contributed by atoms with van der Waals surface area (Å²) in [5, 5.41) is 4.05. The van der Waals surface area contributed by atoms with E-state index in [2.05, 4.69) is 28.9 Å². The summed E-state index contributed by atoms with van der Waals surface area (Å²) in [5.41, 5.74) is 4.92. The molecule has 1 atom stereocenters. The molecular weight excluding hydrogens is 402 g/mol. The van der Waals surface area contributed by atoms with Gasteiger partial charge in [-0.2, -0.15) is 0 Å². The molecule has 6 heteroatoms. The van der Waals surface area contributed by atoms with Gasteiger partial charge in [-0.05, 0) is 44.9 Å². The molecule has 0 spiro atoms. The van der Waals surface area contributed by atoms with Crippen molar-refractivity contribution in [3.63, 3.8) is 0 Å². The van der Waals surface area contributed by atoms with Crippen molar-refractivity contribution in [3.05, 3.63) is 70.9 Å². The van der Waals surface area contributed by atoms with E-state index in [1.807, 2.05) is 57.3 Å². The second-order valence-electron chi connectivity index (χ2n) is 8.62. The van der Waals surface area contributed by atoms with Gasteiger partial charge in [0.1, 0.15) is 6.54 Å². The molecule has 3 aromatic rings. The van der Waals surface area contributed by atoms with Crippen LogP contribution in [0.1, 0.15) is 53.5 Å². The first-order chi connectivity index (χ1) is 15.4. The van der Waals surface area contributed by atoms with E-state index in [0.29, 0.717) is 18.7 Å². The Morgan fingerprint density at radius 1 is 1.12 bits per heavy atom. The minimum Gasteiger partial charge on any atom is -0.379 e. The average molecular weight is 434 g/mol. The fourth-order valence-corrected chi connectivity index (χ4v) is 4.57. The monoisotopic (exact) mass is 433 g/mol. The number of hydrogen-bond acceptors (Lipinski definition) is 3. The molecule has 2 heterocycles. The smallest absolute Gasteiger partial charge is 0.255 e. The van der Waals surface area contributed by atoms with Gasteiger partial charge in [-0.3, -0.25) is 9.59 Å². The van der Waals surface area contributed by atoms with Gasteiger partial charge in [0.2, 0.25) is 5.91 Å². The van der Waals surface area contributed by atoms with E-state index in [4.69, 9.17) is 4.74 Å². The molecule has 1 N–H and O–H groups in total. The maximum atomic E-state index is 13.3. The number of hydrogen-bond donors (Lipinski definition) is 1. The number of benzene rings is 2. The predicted octanol–water partition coefficient (Wildman–Crippen LogP) is 3.96. The lowest BCUT2D eigenvalue weighted by atomic mass is 9.95. The number of nitrogens with one attached hydrogen (secondary N) is 1. The van der Waals surface area contributed by atoms with Crippen LogP contribution in [0.2, 0.25) is 0 Å². The van der Waals surface area contributed by atoms with Crippen LogP contribution in [0.25, 0.3) is 10.9 Å². The van der Waals surface area contributed by atoms with E-state index in [0.717, 1.165) is 34.1 Å². The minimum atomic E-state index is -0.292. The standard InChI is InChI=1S/C26H31N3O3/c1-17(2)32-15-9-14-27-23(30)16-29-25(19-10-5-6-11-20(19)26(29)31)24-18(3)28(4)22-13-8-7-12-21(22)24/h5-8,10-13,17,25H,9,14-16H2,1-4H3,(H,27,30). The zero-order valence-corrected chi connectivity index (χ0v) is 19.2. The van der Waals surface area contributed by atoms with Crippen LogP contribution in [0.4, 0.5) is 0 Å². The molecule has 1 aromatic heterocycles. The van der Waals surface area contributed by atoms with Gasteiger partial charge < -0.3 is 19.5 Å². The first-order valence-corrected chi connectivity index (χ1v) is 11.2. The number of amides is 2. The number of carbonyl (C=O) groups is 2. The summed E-state index contributed by atoms with van der Waals surface area (Å²) in [6, 6.07) is 15.6. The summed E-state index contributed by atoms with van der Waals surface area (Å²) in [4.78, 5) is 27.8. The highest BCUT2D eigenvalue weighted by Gasteiger charge is 2.40. The molecule has 4 rings (SSSR count). The molecule has 1 aliphatic heterocycles. The first-order valence-electron chi connectivity index (χ1n) is 11.2. The lowest BCUT2D eigenvalue weighted by Crippen LogP contribution is -2.40. The molecule has 0 radical (unpaired) electrons. The van der Waals surface area contributed by atoms with Gasteiger partial charge in [0.05, 0.1) is 12.1 Å². The number of para-hydroxylation sites is 1. The second-order valence-corrected chi connectivity index (χ2v) is 8.62. The van der Waals surface area contributed by atoms with Gasteiger partial charge >= 0.3 is 0 Å². The van der Waals surface area contributed by atoms with E-state index in [1.165, 1.54) is 0 Å². The van der Waals surface area contributed by atoms with Crippen molar-refractivity contribution in [2.45, 2.75) is 39.3 Å². The Morgan fingerprint density at radius 2 is 1.84 bits per heavy atom. The Kier molecular flexibility index (Phi) is 6.33. The maximum Gasteiger partial charge on any atom is 0.255 e. The second kappa shape index (κ2) is 9.17. The van der Waals surface area contributed by atoms with Gasteiger partial charge in [0.25, 0.3) is 5.91 Å². The molecule has 0 fully saturated rings. The third kappa shape index (κ3) is 4.02. The van der Waals surface area contributed by atoms with Crippen LogP contribution in [0.3, 0.4) is 0 Å². The van der Waals surface area contributed by atoms with E-state index in [-0.39, 0.29) is 30.5 Å². The van der Waals surface area contributed by atoms with Crippen LogP contribution in [-0.2, 0) is 16.6 Å². The van der Waals surface area contributed by atoms with Crippen molar-refractivity contribution in [3.8, 4) is 0 Å². The van der Waals surface area contributed by atoms with Crippen molar-refractivity contribution < 1.29 is 14.3 Å². The Balaban J connectivity index is 1.62. The first kappa shape index (κ1) is 22.1. The van der Waals surface area contributed by atoms with Gasteiger partial charge in [-0.1, -0.05) is 36.4 Å². The molecule has 1 unspecified atom stereocenters. The van der Waals surface area contributed by atoms with Crippen molar-refractivity contribution in [2.24, 2.45) is 7.05 Å². The third-order valence-corrected chi connectivity index (χ3v) is 6.19. The number of ether oxygens (including phenoxy) is 1. The van der Waals surface area contributed by atoms with Crippen LogP contribution in [-0.4, -0.2) is 47.1 Å². The average Bonchev–Trinajstić information content (AvgIpc) is 3.19. The molecule has 6 nitrogen and oxygen atoms in total. The minimum absolute atomic E-state index is 0.0197. The number of aromatic nitrogens is 1. The summed E-state index contributed by atoms with van der Waals surface area (Å²) in [5.74, 6) is -0.255. The Morgan fingerprint density at radius 3 is 2.62 bits per heavy atom. The largest absolute Gasteiger partial charge is 0.379 e. The van der Waals surface area contributed by atoms with E-state index < -0.39 is 0 Å². The van der Waals surface area contributed by atoms with Crippen molar-refractivity contribution in [1.82, 2.24) is 14.8 Å². The highest BCUT2D eigenvalue weighted by molar-refractivity contribution is 6.02. The Bertz CT molecular complexity index is 1150. The molecule has 2 aromatic carbocycles. The van der Waals surface area contributed by atoms with Crippen LogP contribution in [0, 0.1) is 6.92 Å². The topological polar surface area (TPSA) is 63.6 Å². The quantitative estimate of drug-likeness (QED) is 0.547. The van der Waals surface area contributed by atoms with E-state index in [1.54, 1.807) is 4.90 Å². The number of aryl methyl sites for hydroxylation is 1. The molecule has 0 bridgehead atoms.